The molecule has 1 unspecified atom stereocenters. The normalized spacial score (nSPS) is 13.8. The van der Waals surface area contributed by atoms with Crippen molar-refractivity contribution in [2.24, 2.45) is 5.92 Å². The fourth-order valence-electron chi connectivity index (χ4n) is 1.43. The third-order valence-electron chi connectivity index (χ3n) is 2.15. The molecule has 74 valence electrons. The van der Waals surface area contributed by atoms with E-state index in [0.717, 1.165) is 12.8 Å². The molecule has 0 aromatic carbocycles. The zero-order chi connectivity index (χ0) is 9.40. The Morgan fingerprint density at radius 3 is 2.08 bits per heavy atom. The summed E-state index contributed by atoms with van der Waals surface area (Å²) in [6, 6.07) is 0. The molecule has 0 aromatic rings. The lowest BCUT2D eigenvalue weighted by Crippen LogP contribution is -1.95. The minimum atomic E-state index is -2.11. The number of rotatable bonds is 7. The molecular weight excluding hydrogens is 158 g/mol. The van der Waals surface area contributed by atoms with Gasteiger partial charge in [-0.15, -0.1) is 0 Å². The van der Waals surface area contributed by atoms with E-state index in [1.807, 2.05) is 0 Å². The van der Waals surface area contributed by atoms with Crippen molar-refractivity contribution >= 4 is 0 Å². The van der Waals surface area contributed by atoms with Crippen LogP contribution in [-0.2, 0) is 0 Å². The molecule has 0 spiro atoms. The maximum atomic E-state index is 11.7. The molecule has 0 aliphatic heterocycles. The fourth-order valence-corrected chi connectivity index (χ4v) is 1.43. The predicted octanol–water partition coefficient (Wildman–Crippen LogP) is 4.25. The van der Waals surface area contributed by atoms with Crippen molar-refractivity contribution in [3.05, 3.63) is 0 Å². The van der Waals surface area contributed by atoms with Crippen molar-refractivity contribution in [3.63, 3.8) is 0 Å². The second-order valence-electron chi connectivity index (χ2n) is 3.57. The molecule has 0 heterocycles. The maximum Gasteiger partial charge on any atom is 0.238 e. The van der Waals surface area contributed by atoms with Crippen LogP contribution in [0.2, 0.25) is 0 Å². The number of hydrogen-bond donors (Lipinski definition) is 0. The summed E-state index contributed by atoms with van der Waals surface area (Å²) in [7, 11) is 0. The summed E-state index contributed by atoms with van der Waals surface area (Å²) in [5, 5.41) is 0. The van der Waals surface area contributed by atoms with Crippen molar-refractivity contribution in [2.75, 3.05) is 0 Å². The van der Waals surface area contributed by atoms with E-state index >= 15 is 0 Å². The van der Waals surface area contributed by atoms with Crippen LogP contribution in [0, 0.1) is 5.92 Å². The van der Waals surface area contributed by atoms with Gasteiger partial charge in [-0.05, 0) is 12.3 Å². The first-order chi connectivity index (χ1) is 5.66. The maximum absolute atomic E-state index is 11.7. The Morgan fingerprint density at radius 2 is 1.58 bits per heavy atom. The predicted molar refractivity (Wildman–Crippen MR) is 48.5 cm³/mol. The molecule has 0 aliphatic rings. The molecule has 0 bridgehead atoms. The Bertz CT molecular complexity index is 91.8. The van der Waals surface area contributed by atoms with Gasteiger partial charge in [-0.3, -0.25) is 0 Å². The summed E-state index contributed by atoms with van der Waals surface area (Å²) in [6.07, 6.45) is 3.17. The molecule has 0 rings (SSSR count). The highest BCUT2D eigenvalue weighted by Gasteiger charge is 2.03. The molecule has 0 N–H and O–H groups in total. The Morgan fingerprint density at radius 1 is 1.00 bits per heavy atom. The highest BCUT2D eigenvalue weighted by Crippen LogP contribution is 2.15. The monoisotopic (exact) mass is 178 g/mol. The van der Waals surface area contributed by atoms with Crippen LogP contribution >= 0.6 is 0 Å². The summed E-state index contributed by atoms with van der Waals surface area (Å²) >= 11 is 0. The molecular formula is C10H20F2. The third kappa shape index (κ3) is 7.96. The molecule has 2 heteroatoms. The molecule has 0 saturated heterocycles. The molecule has 0 saturated carbocycles. The summed E-state index contributed by atoms with van der Waals surface area (Å²) in [5.74, 6) is 0.715. The van der Waals surface area contributed by atoms with Gasteiger partial charge in [0.25, 0.3) is 0 Å². The largest absolute Gasteiger partial charge is 0.238 e. The van der Waals surface area contributed by atoms with Gasteiger partial charge >= 0.3 is 0 Å². The molecule has 1 atom stereocenters. The number of halogens is 2. The van der Waals surface area contributed by atoms with E-state index < -0.39 is 6.43 Å². The third-order valence-corrected chi connectivity index (χ3v) is 2.15. The van der Waals surface area contributed by atoms with Gasteiger partial charge in [0.15, 0.2) is 0 Å². The Balaban J connectivity index is 3.08. The second kappa shape index (κ2) is 7.51. The first kappa shape index (κ1) is 11.9. The van der Waals surface area contributed by atoms with Gasteiger partial charge in [-0.25, -0.2) is 8.78 Å². The van der Waals surface area contributed by atoms with Crippen LogP contribution in [0.4, 0.5) is 8.78 Å². The Hall–Kier alpha value is -0.140. The first-order valence-corrected chi connectivity index (χ1v) is 4.95. The van der Waals surface area contributed by atoms with Crippen LogP contribution < -0.4 is 0 Å². The zero-order valence-electron chi connectivity index (χ0n) is 8.15. The van der Waals surface area contributed by atoms with Gasteiger partial charge in [-0.2, -0.15) is 0 Å². The van der Waals surface area contributed by atoms with E-state index in [9.17, 15) is 8.78 Å². The van der Waals surface area contributed by atoms with Crippen LogP contribution in [0.1, 0.15) is 52.4 Å². The van der Waals surface area contributed by atoms with Gasteiger partial charge in [-0.1, -0.05) is 39.5 Å². The molecule has 0 aliphatic carbocycles. The number of unbranched alkanes of at least 4 members (excludes halogenated alkanes) is 1. The molecule has 0 fully saturated rings. The van der Waals surface area contributed by atoms with Crippen LogP contribution in [0.25, 0.3) is 0 Å². The topological polar surface area (TPSA) is 0 Å². The van der Waals surface area contributed by atoms with E-state index in [1.54, 1.807) is 0 Å². The quantitative estimate of drug-likeness (QED) is 0.511. The molecule has 0 amide bonds. The van der Waals surface area contributed by atoms with E-state index in [2.05, 4.69) is 13.8 Å². The van der Waals surface area contributed by atoms with Crippen molar-refractivity contribution in [1.29, 1.82) is 0 Å². The average Bonchev–Trinajstić information content (AvgIpc) is 1.98. The van der Waals surface area contributed by atoms with Gasteiger partial charge in [0.1, 0.15) is 0 Å². The molecule has 0 radical (unpaired) electrons. The van der Waals surface area contributed by atoms with Crippen molar-refractivity contribution in [2.45, 2.75) is 58.8 Å². The van der Waals surface area contributed by atoms with E-state index in [-0.39, 0.29) is 6.42 Å². The van der Waals surface area contributed by atoms with Crippen LogP contribution in [-0.4, -0.2) is 6.43 Å². The second-order valence-corrected chi connectivity index (χ2v) is 3.57. The van der Waals surface area contributed by atoms with Gasteiger partial charge in [0, 0.05) is 6.42 Å². The summed E-state index contributed by atoms with van der Waals surface area (Å²) in [5.41, 5.74) is 0. The SMILES string of the molecule is CCCC(C)CCCCC(F)F. The van der Waals surface area contributed by atoms with Gasteiger partial charge in [0.2, 0.25) is 6.43 Å². The van der Waals surface area contributed by atoms with E-state index in [1.165, 1.54) is 12.8 Å². The molecule has 0 aromatic heterocycles. The minimum Gasteiger partial charge on any atom is -0.211 e. The summed E-state index contributed by atoms with van der Waals surface area (Å²) in [6.45, 7) is 4.36. The average molecular weight is 178 g/mol. The zero-order valence-corrected chi connectivity index (χ0v) is 8.15. The minimum absolute atomic E-state index is 0.0822. The lowest BCUT2D eigenvalue weighted by Gasteiger charge is -2.08. The van der Waals surface area contributed by atoms with Gasteiger partial charge in [0.05, 0.1) is 0 Å². The molecule has 0 nitrogen and oxygen atoms in total. The summed E-state index contributed by atoms with van der Waals surface area (Å²) < 4.78 is 23.4. The van der Waals surface area contributed by atoms with Crippen molar-refractivity contribution in [1.82, 2.24) is 0 Å². The Kier molecular flexibility index (Phi) is 7.42. The van der Waals surface area contributed by atoms with Crippen LogP contribution in [0.3, 0.4) is 0 Å². The van der Waals surface area contributed by atoms with E-state index in [4.69, 9.17) is 0 Å². The fraction of sp³-hybridized carbons (Fsp3) is 1.00. The summed E-state index contributed by atoms with van der Waals surface area (Å²) in [4.78, 5) is 0. The molecule has 12 heavy (non-hydrogen) atoms. The smallest absolute Gasteiger partial charge is 0.211 e. The lowest BCUT2D eigenvalue weighted by atomic mass is 9.99. The number of hydrogen-bond acceptors (Lipinski definition) is 0. The highest BCUT2D eigenvalue weighted by molar-refractivity contribution is 4.53. The highest BCUT2D eigenvalue weighted by atomic mass is 19.3. The standard InChI is InChI=1S/C10H20F2/c1-3-6-9(2)7-4-5-8-10(11)12/h9-10H,3-8H2,1-2H3. The number of alkyl halides is 2. The van der Waals surface area contributed by atoms with Crippen molar-refractivity contribution in [3.8, 4) is 0 Å². The Labute approximate surface area is 74.4 Å². The van der Waals surface area contributed by atoms with Crippen LogP contribution in [0.5, 0.6) is 0 Å². The van der Waals surface area contributed by atoms with E-state index in [0.29, 0.717) is 12.3 Å². The first-order valence-electron chi connectivity index (χ1n) is 4.95. The van der Waals surface area contributed by atoms with Gasteiger partial charge < -0.3 is 0 Å². The lowest BCUT2D eigenvalue weighted by molar-refractivity contribution is 0.133. The van der Waals surface area contributed by atoms with Crippen molar-refractivity contribution < 1.29 is 8.78 Å². The van der Waals surface area contributed by atoms with Crippen LogP contribution in [0.15, 0.2) is 0 Å².